The molecule has 0 saturated heterocycles. The topological polar surface area (TPSA) is 113 Å². The first-order valence-corrected chi connectivity index (χ1v) is 7.99. The summed E-state index contributed by atoms with van der Waals surface area (Å²) in [5, 5.41) is 23.4. The van der Waals surface area contributed by atoms with Gasteiger partial charge in [0.2, 0.25) is 5.91 Å². The average molecular weight is 355 g/mol. The van der Waals surface area contributed by atoms with Crippen LogP contribution in [0, 0.1) is 10.1 Å². The number of phenols is 1. The molecule has 0 fully saturated rings. The van der Waals surface area contributed by atoms with Crippen LogP contribution < -0.4 is 5.32 Å². The van der Waals surface area contributed by atoms with Gasteiger partial charge in [-0.1, -0.05) is 24.3 Å². The van der Waals surface area contributed by atoms with Crippen molar-refractivity contribution in [2.24, 2.45) is 0 Å². The first kappa shape index (κ1) is 17.4. The molecule has 8 heteroatoms. The Kier molecular flexibility index (Phi) is 4.57. The van der Waals surface area contributed by atoms with Gasteiger partial charge in [0.1, 0.15) is 11.8 Å². The fraction of sp³-hybridized carbons (Fsp3) is 0.222. The lowest BCUT2D eigenvalue weighted by Gasteiger charge is -2.22. The predicted octanol–water partition coefficient (Wildman–Crippen LogP) is 1.79. The Morgan fingerprint density at radius 3 is 2.77 bits per heavy atom. The molecule has 2 aromatic rings. The molecule has 26 heavy (non-hydrogen) atoms. The smallest absolute Gasteiger partial charge is 0.270 e. The van der Waals surface area contributed by atoms with E-state index in [0.717, 1.165) is 23.8 Å². The lowest BCUT2D eigenvalue weighted by Crippen LogP contribution is -2.40. The van der Waals surface area contributed by atoms with Crippen molar-refractivity contribution in [2.45, 2.75) is 12.5 Å². The van der Waals surface area contributed by atoms with Crippen LogP contribution in [0.2, 0.25) is 0 Å². The predicted molar refractivity (Wildman–Crippen MR) is 92.8 cm³/mol. The number of amides is 2. The number of non-ortho nitro benzene ring substituents is 1. The third-order valence-corrected chi connectivity index (χ3v) is 4.42. The zero-order chi connectivity index (χ0) is 18.8. The number of likely N-dealkylation sites (N-methyl/N-ethyl adjacent to an activating group) is 1. The van der Waals surface area contributed by atoms with E-state index in [1.807, 2.05) is 12.1 Å². The van der Waals surface area contributed by atoms with Gasteiger partial charge < -0.3 is 15.3 Å². The first-order valence-electron chi connectivity index (χ1n) is 7.99. The number of carbonyl (C=O) groups is 2. The monoisotopic (exact) mass is 355 g/mol. The minimum Gasteiger partial charge on any atom is -0.507 e. The highest BCUT2D eigenvalue weighted by molar-refractivity contribution is 6.00. The first-order chi connectivity index (χ1) is 12.4. The van der Waals surface area contributed by atoms with E-state index in [1.54, 1.807) is 19.2 Å². The normalized spacial score (nSPS) is 16.6. The van der Waals surface area contributed by atoms with Gasteiger partial charge in [-0.15, -0.1) is 0 Å². The molecule has 1 aliphatic rings. The molecular formula is C18H17N3O5. The number of phenolic OH excluding ortho intramolecular Hbond substituents is 1. The van der Waals surface area contributed by atoms with Crippen LogP contribution in [0.25, 0.3) is 0 Å². The largest absolute Gasteiger partial charge is 0.507 e. The van der Waals surface area contributed by atoms with Crippen molar-refractivity contribution >= 4 is 17.5 Å². The zero-order valence-corrected chi connectivity index (χ0v) is 14.0. The second-order valence-corrected chi connectivity index (χ2v) is 6.07. The maximum absolute atomic E-state index is 12.7. The van der Waals surface area contributed by atoms with Crippen LogP contribution in [0.1, 0.15) is 27.5 Å². The summed E-state index contributed by atoms with van der Waals surface area (Å²) in [6, 6.07) is 9.55. The molecule has 1 heterocycles. The van der Waals surface area contributed by atoms with E-state index in [9.17, 15) is 24.8 Å². The highest BCUT2D eigenvalue weighted by Gasteiger charge is 2.31. The van der Waals surface area contributed by atoms with Gasteiger partial charge in [0.15, 0.2) is 0 Å². The summed E-state index contributed by atoms with van der Waals surface area (Å²) in [6.45, 7) is 0.518. The minimum absolute atomic E-state index is 0.253. The van der Waals surface area contributed by atoms with Crippen LogP contribution in [-0.2, 0) is 11.2 Å². The number of nitrogens with zero attached hydrogens (tertiary/aromatic N) is 2. The Morgan fingerprint density at radius 2 is 2.04 bits per heavy atom. The number of rotatable bonds is 3. The fourth-order valence-corrected chi connectivity index (χ4v) is 2.96. The van der Waals surface area contributed by atoms with Crippen molar-refractivity contribution in [3.63, 3.8) is 0 Å². The van der Waals surface area contributed by atoms with Gasteiger partial charge >= 0.3 is 0 Å². The standard InChI is InChI=1S/C18H17N3O5/c1-20-9-8-11-4-2-3-5-13(11)16(18(20)24)19-17(23)14-10-12(21(25)26)6-7-15(14)22/h2-7,10,16,22H,8-9H2,1H3,(H,19,23)/t16-/m0/s1. The highest BCUT2D eigenvalue weighted by Crippen LogP contribution is 2.27. The Balaban J connectivity index is 1.96. The lowest BCUT2D eigenvalue weighted by molar-refractivity contribution is -0.384. The molecule has 2 aromatic carbocycles. The van der Waals surface area contributed by atoms with E-state index in [4.69, 9.17) is 0 Å². The second-order valence-electron chi connectivity index (χ2n) is 6.07. The summed E-state index contributed by atoms with van der Waals surface area (Å²) < 4.78 is 0. The van der Waals surface area contributed by atoms with Gasteiger partial charge in [-0.3, -0.25) is 19.7 Å². The number of fused-ring (bicyclic) bond motifs is 1. The quantitative estimate of drug-likeness (QED) is 0.644. The van der Waals surface area contributed by atoms with Gasteiger partial charge in [-0.25, -0.2) is 0 Å². The molecule has 0 aliphatic carbocycles. The Morgan fingerprint density at radius 1 is 1.31 bits per heavy atom. The summed E-state index contributed by atoms with van der Waals surface area (Å²) in [5.74, 6) is -1.43. The molecule has 0 bridgehead atoms. The van der Waals surface area contributed by atoms with E-state index >= 15 is 0 Å². The number of benzene rings is 2. The molecule has 2 amide bonds. The van der Waals surface area contributed by atoms with Crippen LogP contribution in [-0.4, -0.2) is 40.3 Å². The van der Waals surface area contributed by atoms with Crippen molar-refractivity contribution < 1.29 is 19.6 Å². The molecule has 0 saturated carbocycles. The van der Waals surface area contributed by atoms with Gasteiger partial charge in [0.25, 0.3) is 11.6 Å². The third-order valence-electron chi connectivity index (χ3n) is 4.42. The number of hydrogen-bond donors (Lipinski definition) is 2. The molecule has 1 atom stereocenters. The van der Waals surface area contributed by atoms with Crippen LogP contribution in [0.3, 0.4) is 0 Å². The van der Waals surface area contributed by atoms with Crippen LogP contribution in [0.5, 0.6) is 5.75 Å². The molecule has 0 aromatic heterocycles. The van der Waals surface area contributed by atoms with Gasteiger partial charge in [0, 0.05) is 25.7 Å². The van der Waals surface area contributed by atoms with E-state index in [0.29, 0.717) is 18.5 Å². The molecule has 1 aliphatic heterocycles. The average Bonchev–Trinajstić information content (AvgIpc) is 2.74. The van der Waals surface area contributed by atoms with E-state index in [-0.39, 0.29) is 17.2 Å². The summed E-state index contributed by atoms with van der Waals surface area (Å²) >= 11 is 0. The van der Waals surface area contributed by atoms with Crippen molar-refractivity contribution in [1.82, 2.24) is 10.2 Å². The van der Waals surface area contributed by atoms with Crippen molar-refractivity contribution in [3.8, 4) is 5.75 Å². The van der Waals surface area contributed by atoms with E-state index < -0.39 is 22.6 Å². The molecule has 3 rings (SSSR count). The van der Waals surface area contributed by atoms with Gasteiger partial charge in [-0.2, -0.15) is 0 Å². The Hall–Kier alpha value is -3.42. The Labute approximate surface area is 149 Å². The number of hydrogen-bond acceptors (Lipinski definition) is 5. The second kappa shape index (κ2) is 6.83. The molecule has 8 nitrogen and oxygen atoms in total. The molecule has 2 N–H and O–H groups in total. The molecule has 0 spiro atoms. The maximum atomic E-state index is 12.7. The summed E-state index contributed by atoms with van der Waals surface area (Å²) in [6.07, 6.45) is 0.660. The number of nitro benzene ring substituents is 1. The Bertz CT molecular complexity index is 896. The molecule has 0 radical (unpaired) electrons. The lowest BCUT2D eigenvalue weighted by atomic mass is 9.98. The maximum Gasteiger partial charge on any atom is 0.270 e. The summed E-state index contributed by atoms with van der Waals surface area (Å²) in [5.41, 5.74) is 1.05. The van der Waals surface area contributed by atoms with Gasteiger partial charge in [-0.05, 0) is 23.6 Å². The van der Waals surface area contributed by atoms with E-state index in [1.165, 1.54) is 4.90 Å². The van der Waals surface area contributed by atoms with Crippen LogP contribution in [0.4, 0.5) is 5.69 Å². The van der Waals surface area contributed by atoms with E-state index in [2.05, 4.69) is 5.32 Å². The van der Waals surface area contributed by atoms with Crippen molar-refractivity contribution in [1.29, 1.82) is 0 Å². The molecule has 134 valence electrons. The fourth-order valence-electron chi connectivity index (χ4n) is 2.96. The molecule has 0 unspecified atom stereocenters. The van der Waals surface area contributed by atoms with Gasteiger partial charge in [0.05, 0.1) is 10.5 Å². The summed E-state index contributed by atoms with van der Waals surface area (Å²) in [7, 11) is 1.65. The highest BCUT2D eigenvalue weighted by atomic mass is 16.6. The number of aromatic hydroxyl groups is 1. The molecular weight excluding hydrogens is 338 g/mol. The third kappa shape index (κ3) is 3.21. The van der Waals surface area contributed by atoms with Crippen molar-refractivity contribution in [2.75, 3.05) is 13.6 Å². The number of carbonyl (C=O) groups excluding carboxylic acids is 2. The van der Waals surface area contributed by atoms with Crippen LogP contribution >= 0.6 is 0 Å². The van der Waals surface area contributed by atoms with Crippen molar-refractivity contribution in [3.05, 3.63) is 69.3 Å². The summed E-state index contributed by atoms with van der Waals surface area (Å²) in [4.78, 5) is 37.1. The zero-order valence-electron chi connectivity index (χ0n) is 14.0. The SMILES string of the molecule is CN1CCc2ccccc2[C@H](NC(=O)c2cc([N+](=O)[O-])ccc2O)C1=O. The number of nitro groups is 1. The minimum atomic E-state index is -0.926. The van der Waals surface area contributed by atoms with Crippen LogP contribution in [0.15, 0.2) is 42.5 Å². The number of nitrogens with one attached hydrogen (secondary N) is 1.